The number of rotatable bonds is 3. The van der Waals surface area contributed by atoms with Gasteiger partial charge in [0, 0.05) is 0 Å². The van der Waals surface area contributed by atoms with E-state index in [9.17, 15) is 5.11 Å². The Morgan fingerprint density at radius 1 is 1.05 bits per heavy atom. The Labute approximate surface area is 128 Å². The van der Waals surface area contributed by atoms with E-state index in [1.165, 1.54) is 55.2 Å². The standard InChI is InChI=1S/C20H28O/c1-13-3-4-14(2)18(5-13)9-19(21)20-10-15-6-16(11-20)8-17(7-15)12-20/h3-5,15-17,19,21H,6-12H2,1-2H3. The summed E-state index contributed by atoms with van der Waals surface area (Å²) >= 11 is 0. The Morgan fingerprint density at radius 3 is 2.19 bits per heavy atom. The van der Waals surface area contributed by atoms with Gasteiger partial charge in [-0.15, -0.1) is 0 Å². The highest BCUT2D eigenvalue weighted by molar-refractivity contribution is 5.31. The van der Waals surface area contributed by atoms with Gasteiger partial charge >= 0.3 is 0 Å². The first-order valence-corrected chi connectivity index (χ1v) is 8.78. The van der Waals surface area contributed by atoms with Crippen molar-refractivity contribution in [2.24, 2.45) is 23.2 Å². The van der Waals surface area contributed by atoms with E-state index in [0.717, 1.165) is 24.2 Å². The molecular weight excluding hydrogens is 256 g/mol. The van der Waals surface area contributed by atoms with Crippen molar-refractivity contribution in [1.82, 2.24) is 0 Å². The molecule has 5 rings (SSSR count). The first kappa shape index (κ1) is 13.8. The number of aliphatic hydroxyl groups is 1. The number of benzene rings is 1. The summed E-state index contributed by atoms with van der Waals surface area (Å²) in [6, 6.07) is 6.66. The number of hydrogen-bond acceptors (Lipinski definition) is 1. The van der Waals surface area contributed by atoms with Crippen LogP contribution in [0.4, 0.5) is 0 Å². The Morgan fingerprint density at radius 2 is 1.62 bits per heavy atom. The SMILES string of the molecule is Cc1ccc(C)c(CC(O)C23CC4CC(CC(C4)C2)C3)c1. The molecule has 4 aliphatic carbocycles. The quantitative estimate of drug-likeness (QED) is 0.871. The van der Waals surface area contributed by atoms with Crippen LogP contribution in [0, 0.1) is 37.0 Å². The van der Waals surface area contributed by atoms with Gasteiger partial charge in [-0.2, -0.15) is 0 Å². The van der Waals surface area contributed by atoms with Gasteiger partial charge in [0.25, 0.3) is 0 Å². The van der Waals surface area contributed by atoms with Gasteiger partial charge in [0.15, 0.2) is 0 Å². The van der Waals surface area contributed by atoms with Gasteiger partial charge < -0.3 is 5.11 Å². The molecule has 0 saturated heterocycles. The molecule has 1 atom stereocenters. The third kappa shape index (κ3) is 2.34. The average Bonchev–Trinajstić information content (AvgIpc) is 2.41. The van der Waals surface area contributed by atoms with Crippen LogP contribution in [-0.4, -0.2) is 11.2 Å². The largest absolute Gasteiger partial charge is 0.392 e. The van der Waals surface area contributed by atoms with Gasteiger partial charge in [-0.05, 0) is 93.1 Å². The second-order valence-electron chi connectivity index (χ2n) is 8.43. The smallest absolute Gasteiger partial charge is 0.0637 e. The Bertz CT molecular complexity index is 509. The van der Waals surface area contributed by atoms with Crippen LogP contribution in [-0.2, 0) is 6.42 Å². The van der Waals surface area contributed by atoms with Crippen molar-refractivity contribution in [3.63, 3.8) is 0 Å². The zero-order valence-electron chi connectivity index (χ0n) is 13.4. The molecule has 4 bridgehead atoms. The molecular formula is C20H28O. The molecule has 1 heteroatoms. The Balaban J connectivity index is 1.57. The highest BCUT2D eigenvalue weighted by Crippen LogP contribution is 2.61. The Hall–Kier alpha value is -0.820. The molecule has 4 aliphatic rings. The first-order chi connectivity index (χ1) is 10.0. The molecule has 1 nitrogen and oxygen atoms in total. The lowest BCUT2D eigenvalue weighted by atomic mass is 9.48. The van der Waals surface area contributed by atoms with E-state index in [-0.39, 0.29) is 11.5 Å². The second-order valence-corrected chi connectivity index (χ2v) is 8.43. The van der Waals surface area contributed by atoms with Crippen LogP contribution < -0.4 is 0 Å². The van der Waals surface area contributed by atoms with Crippen LogP contribution in [0.3, 0.4) is 0 Å². The van der Waals surface area contributed by atoms with E-state index in [1.54, 1.807) is 0 Å². The minimum Gasteiger partial charge on any atom is -0.392 e. The van der Waals surface area contributed by atoms with E-state index in [4.69, 9.17) is 0 Å². The van der Waals surface area contributed by atoms with E-state index in [0.29, 0.717) is 0 Å². The minimum absolute atomic E-state index is 0.133. The predicted octanol–water partition coefficient (Wildman–Crippen LogP) is 4.42. The van der Waals surface area contributed by atoms with Gasteiger partial charge in [-0.3, -0.25) is 0 Å². The maximum atomic E-state index is 11.1. The Kier molecular flexibility index (Phi) is 3.19. The summed E-state index contributed by atoms with van der Waals surface area (Å²) < 4.78 is 0. The van der Waals surface area contributed by atoms with E-state index < -0.39 is 0 Å². The van der Waals surface area contributed by atoms with Crippen molar-refractivity contribution in [1.29, 1.82) is 0 Å². The third-order valence-corrected chi connectivity index (χ3v) is 6.71. The summed E-state index contributed by atoms with van der Waals surface area (Å²) in [6.07, 6.45) is 8.98. The summed E-state index contributed by atoms with van der Waals surface area (Å²) in [6.45, 7) is 4.33. The first-order valence-electron chi connectivity index (χ1n) is 8.78. The molecule has 0 heterocycles. The second kappa shape index (κ2) is 4.84. The molecule has 4 saturated carbocycles. The zero-order chi connectivity index (χ0) is 14.6. The molecule has 0 radical (unpaired) electrons. The highest BCUT2D eigenvalue weighted by atomic mass is 16.3. The third-order valence-electron chi connectivity index (χ3n) is 6.71. The van der Waals surface area contributed by atoms with Gasteiger partial charge in [-0.25, -0.2) is 0 Å². The van der Waals surface area contributed by atoms with Crippen molar-refractivity contribution < 1.29 is 5.11 Å². The molecule has 0 aromatic heterocycles. The molecule has 0 aliphatic heterocycles. The van der Waals surface area contributed by atoms with Gasteiger partial charge in [0.2, 0.25) is 0 Å². The van der Waals surface area contributed by atoms with Gasteiger partial charge in [0.05, 0.1) is 6.10 Å². The van der Waals surface area contributed by atoms with E-state index in [1.807, 2.05) is 0 Å². The fourth-order valence-electron chi connectivity index (χ4n) is 6.03. The molecule has 1 N–H and O–H groups in total. The monoisotopic (exact) mass is 284 g/mol. The molecule has 1 aromatic rings. The van der Waals surface area contributed by atoms with Gasteiger partial charge in [-0.1, -0.05) is 23.8 Å². The minimum atomic E-state index is -0.133. The zero-order valence-corrected chi connectivity index (χ0v) is 13.4. The predicted molar refractivity (Wildman–Crippen MR) is 86.2 cm³/mol. The molecule has 4 fully saturated rings. The average molecular weight is 284 g/mol. The van der Waals surface area contributed by atoms with Crippen molar-refractivity contribution in [3.05, 3.63) is 34.9 Å². The lowest BCUT2D eigenvalue weighted by molar-refractivity contribution is -0.119. The van der Waals surface area contributed by atoms with Crippen molar-refractivity contribution in [3.8, 4) is 0 Å². The number of hydrogen-bond donors (Lipinski definition) is 1. The summed E-state index contributed by atoms with van der Waals surface area (Å²) in [5.41, 5.74) is 4.27. The summed E-state index contributed by atoms with van der Waals surface area (Å²) in [7, 11) is 0. The fraction of sp³-hybridized carbons (Fsp3) is 0.700. The molecule has 1 unspecified atom stereocenters. The maximum absolute atomic E-state index is 11.1. The molecule has 1 aromatic carbocycles. The van der Waals surface area contributed by atoms with Crippen LogP contribution in [0.5, 0.6) is 0 Å². The van der Waals surface area contributed by atoms with E-state index in [2.05, 4.69) is 32.0 Å². The molecule has 114 valence electrons. The summed E-state index contributed by atoms with van der Waals surface area (Å²) in [4.78, 5) is 0. The van der Waals surface area contributed by atoms with E-state index >= 15 is 0 Å². The maximum Gasteiger partial charge on any atom is 0.0637 e. The van der Waals surface area contributed by atoms with Gasteiger partial charge in [0.1, 0.15) is 0 Å². The number of aryl methyl sites for hydroxylation is 2. The highest BCUT2D eigenvalue weighted by Gasteiger charge is 2.53. The van der Waals surface area contributed by atoms with Crippen LogP contribution >= 0.6 is 0 Å². The summed E-state index contributed by atoms with van der Waals surface area (Å²) in [5, 5.41) is 11.1. The molecule has 21 heavy (non-hydrogen) atoms. The fourth-order valence-corrected chi connectivity index (χ4v) is 6.03. The lowest BCUT2D eigenvalue weighted by Gasteiger charge is -2.58. The molecule has 0 spiro atoms. The summed E-state index contributed by atoms with van der Waals surface area (Å²) in [5.74, 6) is 2.76. The van der Waals surface area contributed by atoms with Crippen molar-refractivity contribution >= 4 is 0 Å². The van der Waals surface area contributed by atoms with Crippen molar-refractivity contribution in [2.75, 3.05) is 0 Å². The lowest BCUT2D eigenvalue weighted by Crippen LogP contribution is -2.52. The van der Waals surface area contributed by atoms with Crippen LogP contribution in [0.2, 0.25) is 0 Å². The molecule has 0 amide bonds. The van der Waals surface area contributed by atoms with Crippen molar-refractivity contribution in [2.45, 2.75) is 64.9 Å². The van der Waals surface area contributed by atoms with Crippen LogP contribution in [0.1, 0.15) is 55.2 Å². The number of aliphatic hydroxyl groups excluding tert-OH is 1. The normalized spacial score (nSPS) is 38.7. The van der Waals surface area contributed by atoms with Crippen LogP contribution in [0.25, 0.3) is 0 Å². The van der Waals surface area contributed by atoms with Crippen LogP contribution in [0.15, 0.2) is 18.2 Å². The topological polar surface area (TPSA) is 20.2 Å².